The lowest BCUT2D eigenvalue weighted by atomic mass is 9.95. The van der Waals surface area contributed by atoms with Gasteiger partial charge in [0.1, 0.15) is 5.60 Å². The summed E-state index contributed by atoms with van der Waals surface area (Å²) in [7, 11) is 1.40. The van der Waals surface area contributed by atoms with Crippen molar-refractivity contribution in [2.24, 2.45) is 11.8 Å². The average molecular weight is 358 g/mol. The monoisotopic (exact) mass is 357 g/mol. The van der Waals surface area contributed by atoms with E-state index in [1.54, 1.807) is 16.7 Å². The van der Waals surface area contributed by atoms with Crippen LogP contribution in [0, 0.1) is 11.8 Å². The summed E-state index contributed by atoms with van der Waals surface area (Å²) >= 11 is 1.70. The Balaban J connectivity index is 2.98. The van der Waals surface area contributed by atoms with Crippen LogP contribution in [-0.2, 0) is 14.3 Å². The lowest BCUT2D eigenvalue weighted by Gasteiger charge is -2.35. The Kier molecular flexibility index (Phi) is 6.79. The molecule has 1 amide bonds. The molecule has 1 fully saturated rings. The van der Waals surface area contributed by atoms with Gasteiger partial charge in [-0.05, 0) is 40.5 Å². The quantitative estimate of drug-likeness (QED) is 0.560. The highest BCUT2D eigenvalue weighted by atomic mass is 32.2. The molecule has 0 radical (unpaired) electrons. The van der Waals surface area contributed by atoms with Crippen LogP contribution in [0.2, 0.25) is 0 Å². The van der Waals surface area contributed by atoms with Crippen molar-refractivity contribution in [3.63, 3.8) is 0 Å². The minimum atomic E-state index is -0.541. The van der Waals surface area contributed by atoms with E-state index in [4.69, 9.17) is 9.47 Å². The van der Waals surface area contributed by atoms with Crippen LogP contribution in [0.1, 0.15) is 48.5 Å². The molecule has 0 aromatic rings. The summed E-state index contributed by atoms with van der Waals surface area (Å²) in [6, 6.07) is -0.106. The van der Waals surface area contributed by atoms with Crippen molar-refractivity contribution < 1.29 is 19.1 Å². The Morgan fingerprint density at radius 2 is 1.88 bits per heavy atom. The van der Waals surface area contributed by atoms with Crippen molar-refractivity contribution in [1.82, 2.24) is 4.90 Å². The highest BCUT2D eigenvalue weighted by Gasteiger charge is 2.44. The van der Waals surface area contributed by atoms with Gasteiger partial charge in [0.2, 0.25) is 0 Å². The van der Waals surface area contributed by atoms with Gasteiger partial charge in [-0.2, -0.15) is 0 Å². The normalized spacial score (nSPS) is 22.0. The van der Waals surface area contributed by atoms with E-state index < -0.39 is 5.60 Å². The third-order valence-electron chi connectivity index (χ3n) is 3.84. The number of methoxy groups -OCH3 is 1. The first-order valence-corrected chi connectivity index (χ1v) is 9.30. The molecule has 0 bridgehead atoms. The molecule has 0 aliphatic carbocycles. The van der Waals surface area contributed by atoms with Crippen LogP contribution in [0.3, 0.4) is 0 Å². The number of rotatable bonds is 4. The van der Waals surface area contributed by atoms with Crippen LogP contribution < -0.4 is 0 Å². The van der Waals surface area contributed by atoms with Gasteiger partial charge in [0, 0.05) is 5.75 Å². The van der Waals surface area contributed by atoms with Gasteiger partial charge in [-0.15, -0.1) is 11.8 Å². The standard InChI is InChI=1S/C18H31NO4S/c1-12(2)14(15(20)22-8)10-9-13-11-24-18(6,7)19(13)16(21)23-17(3,4)5/h9-10,12-14H,11H2,1-8H3/b10-9+/t13-,14+/m1/s1. The third kappa shape index (κ3) is 5.43. The smallest absolute Gasteiger partial charge is 0.411 e. The second-order valence-corrected chi connectivity index (χ2v) is 9.47. The van der Waals surface area contributed by atoms with Crippen LogP contribution in [0.4, 0.5) is 4.79 Å². The number of hydrogen-bond acceptors (Lipinski definition) is 5. The number of hydrogen-bond donors (Lipinski definition) is 0. The molecular weight excluding hydrogens is 326 g/mol. The van der Waals surface area contributed by atoms with Crippen LogP contribution in [-0.4, -0.2) is 46.3 Å². The van der Waals surface area contributed by atoms with Crippen LogP contribution >= 0.6 is 11.8 Å². The Labute approximate surface area is 150 Å². The van der Waals surface area contributed by atoms with Crippen molar-refractivity contribution in [3.8, 4) is 0 Å². The molecule has 1 saturated heterocycles. The highest BCUT2D eigenvalue weighted by Crippen LogP contribution is 2.40. The molecule has 6 heteroatoms. The Bertz CT molecular complexity index is 494. The van der Waals surface area contributed by atoms with Crippen LogP contribution in [0.15, 0.2) is 12.2 Å². The number of nitrogens with zero attached hydrogens (tertiary/aromatic N) is 1. The third-order valence-corrected chi connectivity index (χ3v) is 5.25. The molecule has 5 nitrogen and oxygen atoms in total. The van der Waals surface area contributed by atoms with Gasteiger partial charge in [-0.1, -0.05) is 26.0 Å². The number of esters is 1. The van der Waals surface area contributed by atoms with Crippen molar-refractivity contribution >= 4 is 23.8 Å². The molecule has 0 spiro atoms. The molecule has 0 N–H and O–H groups in total. The van der Waals surface area contributed by atoms with Gasteiger partial charge < -0.3 is 9.47 Å². The zero-order valence-corrected chi connectivity index (χ0v) is 16.9. The summed E-state index contributed by atoms with van der Waals surface area (Å²) in [5.74, 6) is 0.333. The second-order valence-electron chi connectivity index (χ2n) is 7.85. The molecule has 138 valence electrons. The fourth-order valence-corrected chi connectivity index (χ4v) is 3.79. The fourth-order valence-electron chi connectivity index (χ4n) is 2.60. The first-order valence-electron chi connectivity index (χ1n) is 8.31. The zero-order chi connectivity index (χ0) is 18.7. The first kappa shape index (κ1) is 20.9. The molecule has 0 saturated carbocycles. The van der Waals surface area contributed by atoms with E-state index in [-0.39, 0.29) is 34.8 Å². The van der Waals surface area contributed by atoms with E-state index in [9.17, 15) is 9.59 Å². The van der Waals surface area contributed by atoms with Crippen molar-refractivity contribution in [2.75, 3.05) is 12.9 Å². The zero-order valence-electron chi connectivity index (χ0n) is 16.1. The molecule has 0 aromatic carbocycles. The van der Waals surface area contributed by atoms with Crippen molar-refractivity contribution in [3.05, 3.63) is 12.2 Å². The summed E-state index contributed by atoms with van der Waals surface area (Å²) in [5.41, 5.74) is -0.541. The van der Waals surface area contributed by atoms with Gasteiger partial charge in [-0.25, -0.2) is 4.79 Å². The number of amides is 1. The van der Waals surface area contributed by atoms with Gasteiger partial charge in [0.25, 0.3) is 0 Å². The maximum atomic E-state index is 12.6. The number of ether oxygens (including phenoxy) is 2. The van der Waals surface area contributed by atoms with Crippen molar-refractivity contribution in [1.29, 1.82) is 0 Å². The van der Waals surface area contributed by atoms with Gasteiger partial charge in [0.05, 0.1) is 23.9 Å². The number of carbonyl (C=O) groups excluding carboxylic acids is 2. The van der Waals surface area contributed by atoms with Gasteiger partial charge in [-0.3, -0.25) is 9.69 Å². The van der Waals surface area contributed by atoms with E-state index in [1.165, 1.54) is 7.11 Å². The number of carbonyl (C=O) groups is 2. The molecule has 24 heavy (non-hydrogen) atoms. The second kappa shape index (κ2) is 7.81. The minimum absolute atomic E-state index is 0.106. The Morgan fingerprint density at radius 1 is 1.29 bits per heavy atom. The summed E-state index contributed by atoms with van der Waals surface area (Å²) in [5, 5.41) is 0. The SMILES string of the molecule is COC(=O)[C@@H](/C=C/[C@@H]1CSC(C)(C)N1C(=O)OC(C)(C)C)C(C)C. The lowest BCUT2D eigenvalue weighted by Crippen LogP contribution is -2.48. The predicted molar refractivity (Wildman–Crippen MR) is 97.9 cm³/mol. The average Bonchev–Trinajstić information content (AvgIpc) is 2.71. The Hall–Kier alpha value is -1.17. The summed E-state index contributed by atoms with van der Waals surface area (Å²) in [4.78, 5) is 25.9. The summed E-state index contributed by atoms with van der Waals surface area (Å²) < 4.78 is 10.4. The van der Waals surface area contributed by atoms with Crippen LogP contribution in [0.5, 0.6) is 0 Å². The van der Waals surface area contributed by atoms with Gasteiger partial charge >= 0.3 is 12.1 Å². The van der Waals surface area contributed by atoms with E-state index in [0.29, 0.717) is 0 Å². The Morgan fingerprint density at radius 3 is 2.33 bits per heavy atom. The van der Waals surface area contributed by atoms with E-state index in [0.717, 1.165) is 5.75 Å². The maximum Gasteiger partial charge on any atom is 0.411 e. The molecule has 2 atom stereocenters. The molecule has 1 aliphatic rings. The topological polar surface area (TPSA) is 55.8 Å². The highest BCUT2D eigenvalue weighted by molar-refractivity contribution is 8.00. The molecular formula is C18H31NO4S. The summed E-state index contributed by atoms with van der Waals surface area (Å²) in [6.45, 7) is 13.6. The van der Waals surface area contributed by atoms with E-state index >= 15 is 0 Å². The molecule has 0 unspecified atom stereocenters. The van der Waals surface area contributed by atoms with Crippen molar-refractivity contribution in [2.45, 2.75) is 65.0 Å². The largest absolute Gasteiger partial charge is 0.469 e. The fraction of sp³-hybridized carbons (Fsp3) is 0.778. The van der Waals surface area contributed by atoms with E-state index in [2.05, 4.69) is 0 Å². The lowest BCUT2D eigenvalue weighted by molar-refractivity contribution is -0.145. The van der Waals surface area contributed by atoms with Gasteiger partial charge in [0.15, 0.2) is 0 Å². The molecule has 0 aromatic heterocycles. The maximum absolute atomic E-state index is 12.6. The molecule has 1 rings (SSSR count). The minimum Gasteiger partial charge on any atom is -0.469 e. The molecule has 1 aliphatic heterocycles. The predicted octanol–water partition coefficient (Wildman–Crippen LogP) is 4.08. The first-order chi connectivity index (χ1) is 10.9. The number of thioether (sulfide) groups is 1. The van der Waals surface area contributed by atoms with E-state index in [1.807, 2.05) is 60.6 Å². The van der Waals surface area contributed by atoms with Crippen LogP contribution in [0.25, 0.3) is 0 Å². The summed E-state index contributed by atoms with van der Waals surface area (Å²) in [6.07, 6.45) is 3.47. The molecule has 1 heterocycles.